The molecule has 21 heavy (non-hydrogen) atoms. The van der Waals surface area contributed by atoms with E-state index in [9.17, 15) is 19.7 Å². The minimum atomic E-state index is -0.950. The highest BCUT2D eigenvalue weighted by Gasteiger charge is 2.31. The summed E-state index contributed by atoms with van der Waals surface area (Å²) in [6.45, 7) is 3.29. The van der Waals surface area contributed by atoms with Crippen molar-refractivity contribution in [3.63, 3.8) is 0 Å². The van der Waals surface area contributed by atoms with Crippen molar-refractivity contribution in [3.8, 4) is 0 Å². The lowest BCUT2D eigenvalue weighted by molar-refractivity contribution is -0.384. The van der Waals surface area contributed by atoms with Crippen LogP contribution in [0.3, 0.4) is 0 Å². The molecule has 0 radical (unpaired) electrons. The average Bonchev–Trinajstić information content (AvgIpc) is 2.38. The zero-order valence-corrected chi connectivity index (χ0v) is 11.3. The molecule has 1 aromatic rings. The van der Waals surface area contributed by atoms with Crippen LogP contribution < -0.4 is 22.1 Å². The molecule has 0 bridgehead atoms. The van der Waals surface area contributed by atoms with Gasteiger partial charge < -0.3 is 22.1 Å². The van der Waals surface area contributed by atoms with Crippen molar-refractivity contribution < 1.29 is 14.5 Å². The molecule has 1 aliphatic rings. The second-order valence-electron chi connectivity index (χ2n) is 4.58. The van der Waals surface area contributed by atoms with Crippen molar-refractivity contribution in [2.24, 2.45) is 11.5 Å². The van der Waals surface area contributed by atoms with Crippen LogP contribution in [0.25, 0.3) is 0 Å². The number of rotatable bonds is 3. The molecule has 1 aliphatic heterocycles. The van der Waals surface area contributed by atoms with Gasteiger partial charge in [0.15, 0.2) is 0 Å². The largest absolute Gasteiger partial charge is 0.364 e. The number of benzene rings is 1. The molecule has 1 heterocycles. The molecule has 0 saturated heterocycles. The van der Waals surface area contributed by atoms with E-state index in [1.54, 1.807) is 19.9 Å². The van der Waals surface area contributed by atoms with Gasteiger partial charge in [-0.2, -0.15) is 0 Å². The van der Waals surface area contributed by atoms with Gasteiger partial charge >= 0.3 is 0 Å². The molecule has 1 aromatic carbocycles. The highest BCUT2D eigenvalue weighted by atomic mass is 16.6. The third kappa shape index (κ3) is 2.24. The molecule has 110 valence electrons. The number of fused-ring (bicyclic) bond motifs is 1. The molecule has 0 atom stereocenters. The summed E-state index contributed by atoms with van der Waals surface area (Å²) in [5.74, 6) is -1.85. The van der Waals surface area contributed by atoms with Crippen LogP contribution >= 0.6 is 0 Å². The third-order valence-corrected chi connectivity index (χ3v) is 3.25. The highest BCUT2D eigenvalue weighted by molar-refractivity contribution is 6.10. The van der Waals surface area contributed by atoms with Crippen molar-refractivity contribution in [2.45, 2.75) is 13.8 Å². The lowest BCUT2D eigenvalue weighted by Crippen LogP contribution is -2.33. The van der Waals surface area contributed by atoms with Crippen LogP contribution in [-0.4, -0.2) is 16.7 Å². The van der Waals surface area contributed by atoms with Gasteiger partial charge in [-0.3, -0.25) is 19.7 Å². The molecular weight excluding hydrogens is 278 g/mol. The van der Waals surface area contributed by atoms with E-state index in [1.807, 2.05) is 0 Å². The molecule has 0 aromatic heterocycles. The summed E-state index contributed by atoms with van der Waals surface area (Å²) < 4.78 is 0. The number of hydrogen-bond donors (Lipinski definition) is 4. The maximum atomic E-state index is 11.4. The average molecular weight is 291 g/mol. The van der Waals surface area contributed by atoms with E-state index in [0.29, 0.717) is 11.1 Å². The van der Waals surface area contributed by atoms with E-state index in [4.69, 9.17) is 11.5 Å². The number of anilines is 2. The lowest BCUT2D eigenvalue weighted by atomic mass is 10.0. The normalized spacial score (nSPS) is 13.0. The van der Waals surface area contributed by atoms with Crippen molar-refractivity contribution in [2.75, 3.05) is 10.6 Å². The van der Waals surface area contributed by atoms with Gasteiger partial charge in [0.2, 0.25) is 0 Å². The number of nitrogens with zero attached hydrogens (tertiary/aromatic N) is 1. The van der Waals surface area contributed by atoms with E-state index < -0.39 is 16.7 Å². The number of nitrogens with one attached hydrogen (secondary N) is 2. The van der Waals surface area contributed by atoms with Gasteiger partial charge in [0.25, 0.3) is 17.5 Å². The molecule has 0 spiro atoms. The SMILES string of the molecule is Cc1cc2c(c([N+](=O)[O-])c1C)NC(C(N)=O)=C(C(N)=O)N2. The van der Waals surface area contributed by atoms with Gasteiger partial charge in [-0.1, -0.05) is 0 Å². The molecule has 2 rings (SSSR count). The van der Waals surface area contributed by atoms with Crippen LogP contribution in [0.5, 0.6) is 0 Å². The van der Waals surface area contributed by atoms with Crippen LogP contribution in [0.2, 0.25) is 0 Å². The number of aryl methyl sites for hydroxylation is 1. The molecular formula is C12H13N5O4. The summed E-state index contributed by atoms with van der Waals surface area (Å²) in [7, 11) is 0. The monoisotopic (exact) mass is 291 g/mol. The zero-order chi connectivity index (χ0) is 15.9. The Morgan fingerprint density at radius 3 is 2.14 bits per heavy atom. The molecule has 9 nitrogen and oxygen atoms in total. The first-order chi connectivity index (χ1) is 9.73. The van der Waals surface area contributed by atoms with Crippen LogP contribution in [0.4, 0.5) is 17.1 Å². The number of nitro benzene ring substituents is 1. The van der Waals surface area contributed by atoms with Gasteiger partial charge in [-0.25, -0.2) is 0 Å². The molecule has 0 saturated carbocycles. The number of carbonyl (C=O) groups is 2. The summed E-state index contributed by atoms with van der Waals surface area (Å²) in [6, 6.07) is 1.62. The number of hydrogen-bond acceptors (Lipinski definition) is 6. The van der Waals surface area contributed by atoms with Gasteiger partial charge in [-0.05, 0) is 25.5 Å². The number of nitrogens with two attached hydrogens (primary N) is 2. The number of carbonyl (C=O) groups excluding carboxylic acids is 2. The Kier molecular flexibility index (Phi) is 3.26. The quantitative estimate of drug-likeness (QED) is 0.461. The Labute approximate surface area is 119 Å². The maximum Gasteiger partial charge on any atom is 0.297 e. The Morgan fingerprint density at radius 1 is 1.14 bits per heavy atom. The predicted molar refractivity (Wildman–Crippen MR) is 75.2 cm³/mol. The first-order valence-corrected chi connectivity index (χ1v) is 5.90. The summed E-state index contributed by atoms with van der Waals surface area (Å²) in [5, 5.41) is 16.4. The Morgan fingerprint density at radius 2 is 1.67 bits per heavy atom. The topological polar surface area (TPSA) is 153 Å². The zero-order valence-electron chi connectivity index (χ0n) is 11.3. The van der Waals surface area contributed by atoms with Gasteiger partial charge in [-0.15, -0.1) is 0 Å². The third-order valence-electron chi connectivity index (χ3n) is 3.25. The fourth-order valence-electron chi connectivity index (χ4n) is 2.11. The minimum Gasteiger partial charge on any atom is -0.364 e. The van der Waals surface area contributed by atoms with Crippen LogP contribution in [0.1, 0.15) is 11.1 Å². The van der Waals surface area contributed by atoms with Crippen molar-refractivity contribution in [3.05, 3.63) is 38.7 Å². The highest BCUT2D eigenvalue weighted by Crippen LogP contribution is 2.41. The van der Waals surface area contributed by atoms with Crippen molar-refractivity contribution >= 4 is 28.9 Å². The number of primary amides is 2. The first kappa shape index (κ1) is 14.3. The smallest absolute Gasteiger partial charge is 0.297 e. The summed E-state index contributed by atoms with van der Waals surface area (Å²) in [4.78, 5) is 33.5. The molecule has 0 aliphatic carbocycles. The second-order valence-corrected chi connectivity index (χ2v) is 4.58. The second kappa shape index (κ2) is 4.78. The molecule has 0 fully saturated rings. The van der Waals surface area contributed by atoms with Crippen LogP contribution in [0.15, 0.2) is 17.5 Å². The Balaban J connectivity index is 2.71. The fourth-order valence-corrected chi connectivity index (χ4v) is 2.11. The lowest BCUT2D eigenvalue weighted by Gasteiger charge is -2.24. The Bertz CT molecular complexity index is 723. The summed E-state index contributed by atoms with van der Waals surface area (Å²) in [6.07, 6.45) is 0. The van der Waals surface area contributed by atoms with E-state index in [-0.39, 0.29) is 28.5 Å². The van der Waals surface area contributed by atoms with Crippen LogP contribution in [0, 0.1) is 24.0 Å². The maximum absolute atomic E-state index is 11.4. The van der Waals surface area contributed by atoms with E-state index >= 15 is 0 Å². The predicted octanol–water partition coefficient (Wildman–Crippen LogP) is 0.231. The summed E-state index contributed by atoms with van der Waals surface area (Å²) in [5.41, 5.74) is 11.1. The van der Waals surface area contributed by atoms with Crippen molar-refractivity contribution in [1.82, 2.24) is 0 Å². The summed E-state index contributed by atoms with van der Waals surface area (Å²) >= 11 is 0. The standard InChI is InChI=1S/C12H13N5O4/c1-4-3-6-7(10(5(4)2)17(20)21)16-9(12(14)19)8(15-6)11(13)18/h3,15-16H,1-2H3,(H2,13,18)(H2,14,19). The van der Waals surface area contributed by atoms with Gasteiger partial charge in [0, 0.05) is 5.56 Å². The van der Waals surface area contributed by atoms with Crippen molar-refractivity contribution in [1.29, 1.82) is 0 Å². The van der Waals surface area contributed by atoms with E-state index in [2.05, 4.69) is 10.6 Å². The van der Waals surface area contributed by atoms with Crippen LogP contribution in [-0.2, 0) is 9.59 Å². The fraction of sp³-hybridized carbons (Fsp3) is 0.167. The number of amides is 2. The van der Waals surface area contributed by atoms with Gasteiger partial charge in [0.1, 0.15) is 17.1 Å². The molecule has 2 amide bonds. The minimum absolute atomic E-state index is 0.0712. The molecule has 0 unspecified atom stereocenters. The Hall–Kier alpha value is -3.10. The molecule has 9 heteroatoms. The molecule has 6 N–H and O–H groups in total. The van der Waals surface area contributed by atoms with Gasteiger partial charge in [0.05, 0.1) is 10.6 Å². The number of nitro groups is 1. The first-order valence-electron chi connectivity index (χ1n) is 5.90. The van der Waals surface area contributed by atoms with E-state index in [1.165, 1.54) is 0 Å². The van der Waals surface area contributed by atoms with E-state index in [0.717, 1.165) is 0 Å².